The third-order valence-electron chi connectivity index (χ3n) is 2.86. The Morgan fingerprint density at radius 1 is 1.19 bits per heavy atom. The summed E-state index contributed by atoms with van der Waals surface area (Å²) in [5.74, 6) is -2.37. The van der Waals surface area contributed by atoms with E-state index in [0.717, 1.165) is 18.2 Å². The molecule has 2 rings (SSSR count). The van der Waals surface area contributed by atoms with Gasteiger partial charge in [0.25, 0.3) is 0 Å². The molecule has 0 bridgehead atoms. The predicted molar refractivity (Wildman–Crippen MR) is 72.8 cm³/mol. The molecule has 0 saturated carbocycles. The summed E-state index contributed by atoms with van der Waals surface area (Å²) in [6.07, 6.45) is 0. The van der Waals surface area contributed by atoms with Crippen molar-refractivity contribution in [3.63, 3.8) is 0 Å². The molecule has 0 saturated heterocycles. The highest BCUT2D eigenvalue weighted by Crippen LogP contribution is 2.25. The molecule has 0 unspecified atom stereocenters. The summed E-state index contributed by atoms with van der Waals surface area (Å²) < 4.78 is 51.5. The van der Waals surface area contributed by atoms with Gasteiger partial charge in [-0.3, -0.25) is 0 Å². The van der Waals surface area contributed by atoms with E-state index in [-0.39, 0.29) is 16.8 Å². The zero-order valence-corrected chi connectivity index (χ0v) is 11.5. The van der Waals surface area contributed by atoms with Crippen LogP contribution in [0, 0.1) is 23.0 Å². The monoisotopic (exact) mass is 308 g/mol. The molecule has 0 aromatic heterocycles. The van der Waals surface area contributed by atoms with E-state index >= 15 is 0 Å². The molecule has 21 heavy (non-hydrogen) atoms. The van der Waals surface area contributed by atoms with E-state index in [0.29, 0.717) is 0 Å². The Morgan fingerprint density at radius 3 is 2.57 bits per heavy atom. The Bertz CT molecular complexity index is 843. The van der Waals surface area contributed by atoms with Crippen molar-refractivity contribution in [3.05, 3.63) is 59.2 Å². The van der Waals surface area contributed by atoms with Crippen molar-refractivity contribution in [1.82, 2.24) is 0 Å². The number of hydrogen-bond donors (Lipinski definition) is 1. The number of anilines is 1. The summed E-state index contributed by atoms with van der Waals surface area (Å²) in [6.45, 7) is 0. The van der Waals surface area contributed by atoms with Crippen molar-refractivity contribution >= 4 is 15.5 Å². The lowest BCUT2D eigenvalue weighted by Crippen LogP contribution is -2.10. The number of hydrogen-bond acceptors (Lipinski definition) is 4. The standard InChI is InChI=1S/C14H10F2N2O2S/c15-11-4-5-12(18)13(6-11)21(19,20)8-10-3-1-2-9(7-17)14(10)16/h1-6H,8,18H2. The molecule has 0 aliphatic carbocycles. The first-order chi connectivity index (χ1) is 9.85. The molecule has 0 fully saturated rings. The molecule has 7 heteroatoms. The smallest absolute Gasteiger partial charge is 0.184 e. The van der Waals surface area contributed by atoms with Gasteiger partial charge in [-0.1, -0.05) is 12.1 Å². The fraction of sp³-hybridized carbons (Fsp3) is 0.0714. The van der Waals surface area contributed by atoms with Crippen molar-refractivity contribution in [2.75, 3.05) is 5.73 Å². The summed E-state index contributed by atoms with van der Waals surface area (Å²) in [6, 6.07) is 8.45. The van der Waals surface area contributed by atoms with Gasteiger partial charge in [-0.25, -0.2) is 17.2 Å². The molecule has 0 atom stereocenters. The number of benzene rings is 2. The third kappa shape index (κ3) is 3.01. The maximum atomic E-state index is 13.9. The van der Waals surface area contributed by atoms with Gasteiger partial charge in [-0.05, 0) is 24.3 Å². The number of halogens is 2. The van der Waals surface area contributed by atoms with Gasteiger partial charge >= 0.3 is 0 Å². The maximum absolute atomic E-state index is 13.9. The number of sulfone groups is 1. The van der Waals surface area contributed by atoms with Crippen molar-refractivity contribution in [2.45, 2.75) is 10.6 Å². The molecule has 2 aromatic rings. The molecule has 0 amide bonds. The van der Waals surface area contributed by atoms with E-state index in [4.69, 9.17) is 11.0 Å². The van der Waals surface area contributed by atoms with E-state index in [1.54, 1.807) is 6.07 Å². The van der Waals surface area contributed by atoms with Crippen LogP contribution in [0.4, 0.5) is 14.5 Å². The minimum atomic E-state index is -4.03. The van der Waals surface area contributed by atoms with Crippen LogP contribution in [-0.4, -0.2) is 8.42 Å². The number of nitrogens with two attached hydrogens (primary N) is 1. The Morgan fingerprint density at radius 2 is 1.90 bits per heavy atom. The minimum absolute atomic E-state index is 0.117. The minimum Gasteiger partial charge on any atom is -0.398 e. The van der Waals surface area contributed by atoms with Gasteiger partial charge in [-0.2, -0.15) is 5.26 Å². The van der Waals surface area contributed by atoms with Gasteiger partial charge < -0.3 is 5.73 Å². The first-order valence-corrected chi connectivity index (χ1v) is 7.45. The molecule has 0 heterocycles. The van der Waals surface area contributed by atoms with Gasteiger partial charge in [-0.15, -0.1) is 0 Å². The molecule has 2 N–H and O–H groups in total. The second kappa shape index (κ2) is 5.50. The van der Waals surface area contributed by atoms with Crippen LogP contribution in [0.1, 0.15) is 11.1 Å². The molecule has 0 radical (unpaired) electrons. The molecule has 2 aromatic carbocycles. The average molecular weight is 308 g/mol. The summed E-state index contributed by atoms with van der Waals surface area (Å²) in [5.41, 5.74) is 4.99. The molecular weight excluding hydrogens is 298 g/mol. The largest absolute Gasteiger partial charge is 0.398 e. The zero-order chi connectivity index (χ0) is 15.6. The highest BCUT2D eigenvalue weighted by atomic mass is 32.2. The quantitative estimate of drug-likeness (QED) is 0.882. The molecule has 4 nitrogen and oxygen atoms in total. The Kier molecular flexibility index (Phi) is 3.91. The van der Waals surface area contributed by atoms with Gasteiger partial charge in [0.15, 0.2) is 9.84 Å². The molecule has 0 spiro atoms. The second-order valence-electron chi connectivity index (χ2n) is 4.33. The average Bonchev–Trinajstić information content (AvgIpc) is 2.43. The summed E-state index contributed by atoms with van der Waals surface area (Å²) in [5, 5.41) is 8.73. The first-order valence-electron chi connectivity index (χ1n) is 5.80. The molecule has 0 aliphatic rings. The maximum Gasteiger partial charge on any atom is 0.184 e. The van der Waals surface area contributed by atoms with Crippen LogP contribution in [-0.2, 0) is 15.6 Å². The van der Waals surface area contributed by atoms with Crippen molar-refractivity contribution < 1.29 is 17.2 Å². The Hall–Kier alpha value is -2.46. The van der Waals surface area contributed by atoms with Crippen LogP contribution in [0.15, 0.2) is 41.3 Å². The predicted octanol–water partition coefficient (Wildman–Crippen LogP) is 2.39. The highest BCUT2D eigenvalue weighted by Gasteiger charge is 2.22. The van der Waals surface area contributed by atoms with Crippen LogP contribution in [0.2, 0.25) is 0 Å². The van der Waals surface area contributed by atoms with Gasteiger partial charge in [0.2, 0.25) is 0 Å². The second-order valence-corrected chi connectivity index (χ2v) is 6.29. The Labute approximate surface area is 120 Å². The fourth-order valence-corrected chi connectivity index (χ4v) is 3.34. The molecular formula is C14H10F2N2O2S. The SMILES string of the molecule is N#Cc1cccc(CS(=O)(=O)c2cc(F)ccc2N)c1F. The molecule has 0 aliphatic heterocycles. The third-order valence-corrected chi connectivity index (χ3v) is 4.57. The van der Waals surface area contributed by atoms with E-state index in [1.165, 1.54) is 18.2 Å². The summed E-state index contributed by atoms with van der Waals surface area (Å²) in [7, 11) is -4.03. The fourth-order valence-electron chi connectivity index (χ4n) is 1.84. The number of nitrogens with zero attached hydrogens (tertiary/aromatic N) is 1. The van der Waals surface area contributed by atoms with Crippen LogP contribution in [0.3, 0.4) is 0 Å². The summed E-state index contributed by atoms with van der Waals surface area (Å²) in [4.78, 5) is -0.399. The van der Waals surface area contributed by atoms with E-state index in [9.17, 15) is 17.2 Å². The van der Waals surface area contributed by atoms with Gasteiger partial charge in [0, 0.05) is 5.56 Å². The molecule has 108 valence electrons. The summed E-state index contributed by atoms with van der Waals surface area (Å²) >= 11 is 0. The van der Waals surface area contributed by atoms with E-state index in [2.05, 4.69) is 0 Å². The lowest BCUT2D eigenvalue weighted by Gasteiger charge is -2.09. The lowest BCUT2D eigenvalue weighted by molar-refractivity contribution is 0.583. The normalized spacial score (nSPS) is 11.1. The number of nitrogen functional groups attached to an aromatic ring is 1. The highest BCUT2D eigenvalue weighted by molar-refractivity contribution is 7.90. The topological polar surface area (TPSA) is 84.0 Å². The van der Waals surface area contributed by atoms with Gasteiger partial charge in [0.1, 0.15) is 17.7 Å². The van der Waals surface area contributed by atoms with E-state index in [1.807, 2.05) is 0 Å². The van der Waals surface area contributed by atoms with Crippen LogP contribution < -0.4 is 5.73 Å². The lowest BCUT2D eigenvalue weighted by atomic mass is 10.1. The van der Waals surface area contributed by atoms with Crippen molar-refractivity contribution in [1.29, 1.82) is 5.26 Å². The van der Waals surface area contributed by atoms with E-state index < -0.39 is 32.1 Å². The zero-order valence-electron chi connectivity index (χ0n) is 10.7. The number of nitriles is 1. The van der Waals surface area contributed by atoms with Crippen LogP contribution in [0.25, 0.3) is 0 Å². The van der Waals surface area contributed by atoms with Crippen molar-refractivity contribution in [2.24, 2.45) is 0 Å². The van der Waals surface area contributed by atoms with Crippen LogP contribution in [0.5, 0.6) is 0 Å². The van der Waals surface area contributed by atoms with Gasteiger partial charge in [0.05, 0.1) is 21.9 Å². The number of rotatable bonds is 3. The van der Waals surface area contributed by atoms with Crippen molar-refractivity contribution in [3.8, 4) is 6.07 Å². The van der Waals surface area contributed by atoms with Crippen LogP contribution >= 0.6 is 0 Å². The first kappa shape index (κ1) is 14.9. The Balaban J connectivity index is 2.48.